The van der Waals surface area contributed by atoms with Crippen LogP contribution in [0, 0.1) is 6.92 Å². The monoisotopic (exact) mass is 770 g/mol. The summed E-state index contributed by atoms with van der Waals surface area (Å²) in [6, 6.07) is 30.8. The van der Waals surface area contributed by atoms with E-state index in [2.05, 4.69) is 15.9 Å². The largest absolute Gasteiger partial charge is 0.497 e. The smallest absolute Gasteiger partial charge is 0.294 e. The number of rotatable bonds is 12. The number of methoxy groups -OCH3 is 2. The Bertz CT molecular complexity index is 1930. The molecule has 0 saturated carbocycles. The molecule has 7 nitrogen and oxygen atoms in total. The molecule has 0 aliphatic rings. The fourth-order valence-electron chi connectivity index (χ4n) is 5.63. The van der Waals surface area contributed by atoms with Crippen LogP contribution in [0.1, 0.15) is 34.7 Å². The highest BCUT2D eigenvalue weighted by molar-refractivity contribution is 9.10. The van der Waals surface area contributed by atoms with Gasteiger partial charge in [0, 0.05) is 33.1 Å². The number of aryl methyl sites for hydroxylation is 1. The molecule has 0 aromatic heterocycles. The number of hydrogen-bond donors (Lipinski definition) is 1. The van der Waals surface area contributed by atoms with Crippen LogP contribution >= 0.6 is 39.1 Å². The predicted octanol–water partition coefficient (Wildman–Crippen LogP) is 9.71. The van der Waals surface area contributed by atoms with Crippen molar-refractivity contribution in [1.29, 1.82) is 0 Å². The summed E-state index contributed by atoms with van der Waals surface area (Å²) in [5.41, 5.74) is 1.77. The summed E-state index contributed by atoms with van der Waals surface area (Å²) >= 11 is 16.3. The molecule has 0 amide bonds. The average Bonchev–Trinajstić information content (AvgIpc) is 3.06. The second-order valence-corrected chi connectivity index (χ2v) is 14.2. The first kappa shape index (κ1) is 35.6. The molecular weight excluding hydrogens is 739 g/mol. The Kier molecular flexibility index (Phi) is 11.0. The summed E-state index contributed by atoms with van der Waals surface area (Å²) in [6.45, 7) is 3.57. The molecule has 250 valence electrons. The minimum atomic E-state index is -4.71. The lowest BCUT2D eigenvalue weighted by Gasteiger charge is -2.38. The third-order valence-corrected chi connectivity index (χ3v) is 9.85. The van der Waals surface area contributed by atoms with E-state index in [1.807, 2.05) is 85.8 Å². The first-order valence-electron chi connectivity index (χ1n) is 14.8. The SMILES string of the molecule is COc1ccc(C(Oc2c(C)ccc(S(=O)(=O)O)c2CC(C)Oc2c(Cl)cc(Br)cc2Cl)(c2ccccc2)c2ccc(OC)cc2)cc1. The molecule has 0 fully saturated rings. The molecule has 0 aliphatic carbocycles. The van der Waals surface area contributed by atoms with Gasteiger partial charge in [0.05, 0.1) is 24.3 Å². The summed E-state index contributed by atoms with van der Waals surface area (Å²) in [4.78, 5) is -0.307. The van der Waals surface area contributed by atoms with E-state index in [-0.39, 0.29) is 38.4 Å². The van der Waals surface area contributed by atoms with Crippen molar-refractivity contribution in [2.75, 3.05) is 14.2 Å². The van der Waals surface area contributed by atoms with Crippen LogP contribution in [0.3, 0.4) is 0 Å². The number of halogens is 3. The van der Waals surface area contributed by atoms with E-state index in [1.54, 1.807) is 39.3 Å². The third-order valence-electron chi connectivity index (χ3n) is 7.89. The van der Waals surface area contributed by atoms with E-state index in [0.29, 0.717) is 21.5 Å². The molecule has 5 aromatic carbocycles. The van der Waals surface area contributed by atoms with Crippen molar-refractivity contribution in [3.63, 3.8) is 0 Å². The Balaban J connectivity index is 1.75. The number of ether oxygens (including phenoxy) is 4. The molecule has 11 heteroatoms. The van der Waals surface area contributed by atoms with Crippen LogP contribution in [-0.2, 0) is 22.1 Å². The van der Waals surface area contributed by atoms with Crippen molar-refractivity contribution >= 4 is 49.2 Å². The molecule has 5 aromatic rings. The van der Waals surface area contributed by atoms with Gasteiger partial charge in [-0.15, -0.1) is 0 Å². The standard InChI is InChI=1S/C37H33BrCl2O7S/c1-23-10-19-34(48(41,42)43)31(20-24(2)46-36-32(39)21-28(38)22-33(36)40)35(23)47-37(25-8-6-5-7-9-25,26-11-15-29(44-3)16-12-26)27-13-17-30(45-4)18-14-27/h5-19,21-22,24H,20H2,1-4H3,(H,41,42,43). The van der Waals surface area contributed by atoms with Crippen molar-refractivity contribution in [3.05, 3.63) is 145 Å². The first-order chi connectivity index (χ1) is 22.9. The zero-order valence-electron chi connectivity index (χ0n) is 26.5. The van der Waals surface area contributed by atoms with E-state index in [4.69, 9.17) is 42.1 Å². The van der Waals surface area contributed by atoms with E-state index in [9.17, 15) is 13.0 Å². The van der Waals surface area contributed by atoms with Gasteiger partial charge in [-0.2, -0.15) is 8.42 Å². The van der Waals surface area contributed by atoms with E-state index in [0.717, 1.165) is 16.7 Å². The average molecular weight is 773 g/mol. The van der Waals surface area contributed by atoms with Crippen LogP contribution in [0.5, 0.6) is 23.0 Å². The van der Waals surface area contributed by atoms with Gasteiger partial charge < -0.3 is 18.9 Å². The van der Waals surface area contributed by atoms with Gasteiger partial charge in [-0.25, -0.2) is 0 Å². The van der Waals surface area contributed by atoms with Crippen molar-refractivity contribution < 1.29 is 31.9 Å². The van der Waals surface area contributed by atoms with Crippen molar-refractivity contribution in [3.8, 4) is 23.0 Å². The summed E-state index contributed by atoms with van der Waals surface area (Å²) in [5, 5.41) is 0.554. The van der Waals surface area contributed by atoms with Gasteiger partial charge in [0.2, 0.25) is 0 Å². The van der Waals surface area contributed by atoms with E-state index in [1.165, 1.54) is 6.07 Å². The Labute approximate surface area is 299 Å². The lowest BCUT2D eigenvalue weighted by Crippen LogP contribution is -2.37. The summed E-state index contributed by atoms with van der Waals surface area (Å²) in [7, 11) is -1.53. The Morgan fingerprint density at radius 1 is 0.771 bits per heavy atom. The van der Waals surface area contributed by atoms with Gasteiger partial charge in [-0.3, -0.25) is 4.55 Å². The molecule has 1 unspecified atom stereocenters. The lowest BCUT2D eigenvalue weighted by molar-refractivity contribution is 0.148. The molecule has 0 aliphatic heterocycles. The highest BCUT2D eigenvalue weighted by atomic mass is 79.9. The maximum Gasteiger partial charge on any atom is 0.294 e. The highest BCUT2D eigenvalue weighted by Crippen LogP contribution is 2.45. The van der Waals surface area contributed by atoms with Crippen LogP contribution in [0.25, 0.3) is 0 Å². The van der Waals surface area contributed by atoms with Gasteiger partial charge in [-0.05, 0) is 61.9 Å². The zero-order chi connectivity index (χ0) is 34.6. The number of benzene rings is 5. The summed E-state index contributed by atoms with van der Waals surface area (Å²) < 4.78 is 61.3. The molecule has 0 heterocycles. The van der Waals surface area contributed by atoms with Gasteiger partial charge in [0.25, 0.3) is 10.1 Å². The normalized spacial score (nSPS) is 12.3. The fourth-order valence-corrected chi connectivity index (χ4v) is 7.65. The van der Waals surface area contributed by atoms with Gasteiger partial charge >= 0.3 is 0 Å². The highest BCUT2D eigenvalue weighted by Gasteiger charge is 2.41. The van der Waals surface area contributed by atoms with Crippen molar-refractivity contribution in [2.24, 2.45) is 0 Å². The molecule has 1 atom stereocenters. The van der Waals surface area contributed by atoms with E-state index < -0.39 is 21.8 Å². The fraction of sp³-hybridized carbons (Fsp3) is 0.189. The Hall–Kier alpha value is -3.73. The molecule has 1 N–H and O–H groups in total. The van der Waals surface area contributed by atoms with Crippen LogP contribution in [0.4, 0.5) is 0 Å². The van der Waals surface area contributed by atoms with Crippen molar-refractivity contribution in [1.82, 2.24) is 0 Å². The van der Waals surface area contributed by atoms with Gasteiger partial charge in [0.1, 0.15) is 28.2 Å². The molecule has 5 rings (SSSR count). The topological polar surface area (TPSA) is 91.3 Å². The minimum Gasteiger partial charge on any atom is -0.497 e. The predicted molar refractivity (Wildman–Crippen MR) is 192 cm³/mol. The third kappa shape index (κ3) is 7.46. The molecular formula is C37H33BrCl2O7S. The first-order valence-corrected chi connectivity index (χ1v) is 17.8. The molecule has 0 spiro atoms. The second-order valence-electron chi connectivity index (χ2n) is 11.1. The number of hydrogen-bond acceptors (Lipinski definition) is 6. The minimum absolute atomic E-state index is 0.00491. The van der Waals surface area contributed by atoms with Crippen LogP contribution < -0.4 is 18.9 Å². The molecule has 48 heavy (non-hydrogen) atoms. The van der Waals surface area contributed by atoms with Gasteiger partial charge in [-0.1, -0.05) is 99.8 Å². The van der Waals surface area contributed by atoms with Crippen molar-refractivity contribution in [2.45, 2.75) is 36.9 Å². The summed E-state index contributed by atoms with van der Waals surface area (Å²) in [6.07, 6.45) is -0.663. The molecule has 0 radical (unpaired) electrons. The molecule has 0 bridgehead atoms. The van der Waals surface area contributed by atoms with Crippen LogP contribution in [0.2, 0.25) is 10.0 Å². The Morgan fingerprint density at radius 2 is 1.27 bits per heavy atom. The summed E-state index contributed by atoms with van der Waals surface area (Å²) in [5.74, 6) is 1.80. The quantitative estimate of drug-likeness (QED) is 0.0998. The lowest BCUT2D eigenvalue weighted by atomic mass is 9.79. The maximum absolute atomic E-state index is 12.9. The Morgan fingerprint density at radius 3 is 1.75 bits per heavy atom. The van der Waals surface area contributed by atoms with Crippen LogP contribution in [-0.4, -0.2) is 33.3 Å². The molecule has 0 saturated heterocycles. The second kappa shape index (κ2) is 14.8. The van der Waals surface area contributed by atoms with E-state index >= 15 is 0 Å². The van der Waals surface area contributed by atoms with Crippen LogP contribution in [0.15, 0.2) is 112 Å². The van der Waals surface area contributed by atoms with Gasteiger partial charge in [0.15, 0.2) is 11.4 Å². The zero-order valence-corrected chi connectivity index (χ0v) is 30.5. The maximum atomic E-state index is 12.9.